The first kappa shape index (κ1) is 12.2. The highest BCUT2D eigenvalue weighted by Gasteiger charge is 2.12. The van der Waals surface area contributed by atoms with Crippen molar-refractivity contribution < 1.29 is 4.39 Å². The van der Waals surface area contributed by atoms with Crippen LogP contribution < -0.4 is 5.32 Å². The second-order valence-electron chi connectivity index (χ2n) is 5.09. The van der Waals surface area contributed by atoms with Crippen LogP contribution in [0.25, 0.3) is 0 Å². The molecule has 15 heavy (non-hydrogen) atoms. The molecule has 1 N–H and O–H groups in total. The minimum absolute atomic E-state index is 0.113. The molecule has 1 aromatic carbocycles. The first-order valence-corrected chi connectivity index (χ1v) is 5.39. The zero-order chi connectivity index (χ0) is 11.5. The average Bonchev–Trinajstić information content (AvgIpc) is 2.13. The molecule has 0 amide bonds. The van der Waals surface area contributed by atoms with Gasteiger partial charge in [0.15, 0.2) is 0 Å². The first-order chi connectivity index (χ1) is 6.88. The molecule has 0 bridgehead atoms. The van der Waals surface area contributed by atoms with Gasteiger partial charge in [-0.2, -0.15) is 0 Å². The van der Waals surface area contributed by atoms with Gasteiger partial charge in [0.1, 0.15) is 5.82 Å². The van der Waals surface area contributed by atoms with Gasteiger partial charge in [-0.1, -0.05) is 19.1 Å². The van der Waals surface area contributed by atoms with E-state index in [1.54, 1.807) is 12.1 Å². The zero-order valence-electron chi connectivity index (χ0n) is 9.97. The highest BCUT2D eigenvalue weighted by atomic mass is 19.1. The Morgan fingerprint density at radius 1 is 1.33 bits per heavy atom. The summed E-state index contributed by atoms with van der Waals surface area (Å²) < 4.78 is 13.0. The lowest BCUT2D eigenvalue weighted by molar-refractivity contribution is 0.412. The summed E-state index contributed by atoms with van der Waals surface area (Å²) in [5.74, 6) is 0.176. The normalized spacial score (nSPS) is 13.9. The summed E-state index contributed by atoms with van der Waals surface area (Å²) in [6.45, 7) is 9.36. The Morgan fingerprint density at radius 3 is 2.53 bits per heavy atom. The van der Waals surface area contributed by atoms with E-state index in [0.29, 0.717) is 5.92 Å². The summed E-state index contributed by atoms with van der Waals surface area (Å²) in [5.41, 5.74) is 1.16. The highest BCUT2D eigenvalue weighted by Crippen LogP contribution is 2.16. The quantitative estimate of drug-likeness (QED) is 0.805. The fraction of sp³-hybridized carbons (Fsp3) is 0.538. The van der Waals surface area contributed by atoms with Crippen LogP contribution in [0.2, 0.25) is 0 Å². The monoisotopic (exact) mass is 209 g/mol. The van der Waals surface area contributed by atoms with Crippen molar-refractivity contribution in [3.63, 3.8) is 0 Å². The van der Waals surface area contributed by atoms with Crippen molar-refractivity contribution in [2.45, 2.75) is 39.2 Å². The molecule has 0 aliphatic heterocycles. The van der Waals surface area contributed by atoms with Crippen LogP contribution in [0, 0.1) is 5.82 Å². The van der Waals surface area contributed by atoms with E-state index >= 15 is 0 Å². The van der Waals surface area contributed by atoms with E-state index < -0.39 is 0 Å². The highest BCUT2D eigenvalue weighted by molar-refractivity contribution is 5.20. The van der Waals surface area contributed by atoms with Crippen LogP contribution in [0.4, 0.5) is 4.39 Å². The van der Waals surface area contributed by atoms with Crippen molar-refractivity contribution in [3.05, 3.63) is 35.6 Å². The van der Waals surface area contributed by atoms with Crippen LogP contribution in [0.1, 0.15) is 39.2 Å². The lowest BCUT2D eigenvalue weighted by Crippen LogP contribution is -2.38. The minimum Gasteiger partial charge on any atom is -0.311 e. The molecular formula is C13H20FN. The maximum atomic E-state index is 13.0. The van der Waals surface area contributed by atoms with Crippen molar-refractivity contribution in [2.24, 2.45) is 0 Å². The number of hydrogen-bond donors (Lipinski definition) is 1. The fourth-order valence-electron chi connectivity index (χ4n) is 1.39. The van der Waals surface area contributed by atoms with Gasteiger partial charge >= 0.3 is 0 Å². The maximum absolute atomic E-state index is 13.0. The van der Waals surface area contributed by atoms with Gasteiger partial charge in [0.05, 0.1) is 0 Å². The van der Waals surface area contributed by atoms with Crippen LogP contribution in [-0.2, 0) is 0 Å². The predicted octanol–water partition coefficient (Wildman–Crippen LogP) is 3.32. The van der Waals surface area contributed by atoms with Crippen LogP contribution in [0.3, 0.4) is 0 Å². The van der Waals surface area contributed by atoms with E-state index in [0.717, 1.165) is 12.1 Å². The summed E-state index contributed by atoms with van der Waals surface area (Å²) >= 11 is 0. The van der Waals surface area contributed by atoms with Crippen LogP contribution >= 0.6 is 0 Å². The Morgan fingerprint density at radius 2 is 2.00 bits per heavy atom. The van der Waals surface area contributed by atoms with E-state index in [-0.39, 0.29) is 11.4 Å². The van der Waals surface area contributed by atoms with Crippen LogP contribution in [0.5, 0.6) is 0 Å². The lowest BCUT2D eigenvalue weighted by Gasteiger charge is -2.23. The van der Waals surface area contributed by atoms with E-state index in [2.05, 4.69) is 33.0 Å². The molecule has 0 fully saturated rings. The van der Waals surface area contributed by atoms with Gasteiger partial charge in [0.25, 0.3) is 0 Å². The Balaban J connectivity index is 2.58. The van der Waals surface area contributed by atoms with Gasteiger partial charge in [-0.25, -0.2) is 4.39 Å². The van der Waals surface area contributed by atoms with E-state index in [9.17, 15) is 4.39 Å². The Bertz CT molecular complexity index is 315. The minimum atomic E-state index is -0.157. The Labute approximate surface area is 91.7 Å². The SMILES string of the molecule is CC(CNC(C)(C)C)c1cccc(F)c1. The third kappa shape index (κ3) is 4.43. The number of rotatable bonds is 3. The molecule has 0 heterocycles. The van der Waals surface area contributed by atoms with Gasteiger partial charge in [0.2, 0.25) is 0 Å². The van der Waals surface area contributed by atoms with Crippen LogP contribution in [0.15, 0.2) is 24.3 Å². The molecule has 0 aromatic heterocycles. The summed E-state index contributed by atoms with van der Waals surface area (Å²) in [4.78, 5) is 0. The predicted molar refractivity (Wildman–Crippen MR) is 62.6 cm³/mol. The zero-order valence-corrected chi connectivity index (χ0v) is 9.97. The first-order valence-electron chi connectivity index (χ1n) is 5.39. The molecular weight excluding hydrogens is 189 g/mol. The molecule has 0 saturated heterocycles. The number of benzene rings is 1. The Kier molecular flexibility index (Phi) is 3.86. The molecule has 0 aliphatic carbocycles. The summed E-state index contributed by atoms with van der Waals surface area (Å²) in [6, 6.07) is 6.82. The molecule has 0 spiro atoms. The lowest BCUT2D eigenvalue weighted by atomic mass is 9.99. The fourth-order valence-corrected chi connectivity index (χ4v) is 1.39. The molecule has 0 saturated carbocycles. The number of hydrogen-bond acceptors (Lipinski definition) is 1. The second kappa shape index (κ2) is 4.75. The van der Waals surface area contributed by atoms with Gasteiger partial charge in [-0.3, -0.25) is 0 Å². The van der Waals surface area contributed by atoms with Gasteiger partial charge in [0, 0.05) is 12.1 Å². The molecule has 1 aromatic rings. The smallest absolute Gasteiger partial charge is 0.123 e. The molecule has 1 rings (SSSR count). The molecule has 1 atom stereocenters. The largest absolute Gasteiger partial charge is 0.311 e. The van der Waals surface area contributed by atoms with Gasteiger partial charge < -0.3 is 5.32 Å². The van der Waals surface area contributed by atoms with E-state index in [4.69, 9.17) is 0 Å². The van der Waals surface area contributed by atoms with Gasteiger partial charge in [-0.05, 0) is 44.4 Å². The second-order valence-corrected chi connectivity index (χ2v) is 5.09. The molecule has 2 heteroatoms. The van der Waals surface area contributed by atoms with E-state index in [1.807, 2.05) is 6.07 Å². The van der Waals surface area contributed by atoms with E-state index in [1.165, 1.54) is 6.07 Å². The maximum Gasteiger partial charge on any atom is 0.123 e. The van der Waals surface area contributed by atoms with Gasteiger partial charge in [-0.15, -0.1) is 0 Å². The van der Waals surface area contributed by atoms with Crippen molar-refractivity contribution in [1.82, 2.24) is 5.32 Å². The number of nitrogens with one attached hydrogen (secondary N) is 1. The molecule has 1 nitrogen and oxygen atoms in total. The third-order valence-corrected chi connectivity index (χ3v) is 2.36. The van der Waals surface area contributed by atoms with Crippen molar-refractivity contribution >= 4 is 0 Å². The molecule has 84 valence electrons. The summed E-state index contributed by atoms with van der Waals surface area (Å²) in [6.07, 6.45) is 0. The van der Waals surface area contributed by atoms with Crippen molar-refractivity contribution in [2.75, 3.05) is 6.54 Å². The summed E-state index contributed by atoms with van der Waals surface area (Å²) in [7, 11) is 0. The molecule has 1 unspecified atom stereocenters. The topological polar surface area (TPSA) is 12.0 Å². The molecule has 0 radical (unpaired) electrons. The van der Waals surface area contributed by atoms with Crippen molar-refractivity contribution in [3.8, 4) is 0 Å². The Hall–Kier alpha value is -0.890. The number of halogens is 1. The average molecular weight is 209 g/mol. The third-order valence-electron chi connectivity index (χ3n) is 2.36. The standard InChI is InChI=1S/C13H20FN/c1-10(9-15-13(2,3)4)11-6-5-7-12(14)8-11/h5-8,10,15H,9H2,1-4H3. The van der Waals surface area contributed by atoms with Crippen LogP contribution in [-0.4, -0.2) is 12.1 Å². The van der Waals surface area contributed by atoms with Crippen molar-refractivity contribution in [1.29, 1.82) is 0 Å². The summed E-state index contributed by atoms with van der Waals surface area (Å²) in [5, 5.41) is 3.42. The molecule has 0 aliphatic rings.